The molecule has 1 aliphatic rings. The first-order chi connectivity index (χ1) is 10.6. The van der Waals surface area contributed by atoms with Crippen molar-refractivity contribution < 1.29 is 4.79 Å². The maximum Gasteiger partial charge on any atom is 0.224 e. The van der Waals surface area contributed by atoms with E-state index in [-0.39, 0.29) is 36.6 Å². The average molecular weight is 376 g/mol. The molecule has 1 saturated heterocycles. The Labute approximate surface area is 158 Å². The highest BCUT2D eigenvalue weighted by Crippen LogP contribution is 2.19. The van der Waals surface area contributed by atoms with Crippen molar-refractivity contribution in [3.8, 4) is 0 Å². The van der Waals surface area contributed by atoms with Crippen LogP contribution < -0.4 is 11.1 Å². The van der Waals surface area contributed by atoms with Crippen molar-refractivity contribution in [2.45, 2.75) is 52.2 Å². The molecule has 1 aromatic rings. The van der Waals surface area contributed by atoms with Crippen LogP contribution in [-0.2, 0) is 17.9 Å². The highest BCUT2D eigenvalue weighted by molar-refractivity contribution is 5.85. The summed E-state index contributed by atoms with van der Waals surface area (Å²) in [6, 6.07) is 9.25. The lowest BCUT2D eigenvalue weighted by atomic mass is 10.0. The van der Waals surface area contributed by atoms with E-state index in [0.717, 1.165) is 12.1 Å². The molecule has 2 rings (SSSR count). The normalized spacial score (nSPS) is 18.9. The molecule has 0 spiro atoms. The third-order valence-corrected chi connectivity index (χ3v) is 4.62. The lowest BCUT2D eigenvalue weighted by molar-refractivity contribution is -0.124. The number of carbonyl (C=O) groups excluding carboxylic acids is 1. The summed E-state index contributed by atoms with van der Waals surface area (Å²) in [5.41, 5.74) is 7.98. The molecule has 3 N–H and O–H groups in total. The minimum absolute atomic E-state index is 0. The summed E-state index contributed by atoms with van der Waals surface area (Å²) in [6.45, 7) is 7.36. The van der Waals surface area contributed by atoms with Crippen molar-refractivity contribution in [2.75, 3.05) is 13.1 Å². The first-order valence-electron chi connectivity index (χ1n) is 8.39. The van der Waals surface area contributed by atoms with Gasteiger partial charge in [-0.1, -0.05) is 37.6 Å². The zero-order chi connectivity index (χ0) is 15.9. The average Bonchev–Trinajstić information content (AvgIpc) is 2.55. The first-order valence-corrected chi connectivity index (χ1v) is 8.39. The Morgan fingerprint density at radius 3 is 2.46 bits per heavy atom. The van der Waals surface area contributed by atoms with Crippen molar-refractivity contribution in [3.63, 3.8) is 0 Å². The van der Waals surface area contributed by atoms with Gasteiger partial charge in [0.2, 0.25) is 5.91 Å². The third-order valence-electron chi connectivity index (χ3n) is 4.62. The number of nitrogens with one attached hydrogen (secondary N) is 1. The molecule has 138 valence electrons. The molecule has 0 aromatic heterocycles. The van der Waals surface area contributed by atoms with Crippen LogP contribution in [0.15, 0.2) is 24.3 Å². The van der Waals surface area contributed by atoms with E-state index in [9.17, 15) is 4.79 Å². The van der Waals surface area contributed by atoms with Gasteiger partial charge in [0.05, 0.1) is 0 Å². The predicted octanol–water partition coefficient (Wildman–Crippen LogP) is 3.12. The van der Waals surface area contributed by atoms with Crippen molar-refractivity contribution >= 4 is 30.7 Å². The fraction of sp³-hybridized carbons (Fsp3) is 0.611. The SMILES string of the molecule is CC(CN)C(=O)NCc1ccc(CN2CCCCC2C)cc1.Cl.Cl. The molecule has 1 aliphatic heterocycles. The van der Waals surface area contributed by atoms with Crippen LogP contribution in [0.25, 0.3) is 0 Å². The molecule has 4 nitrogen and oxygen atoms in total. The molecule has 24 heavy (non-hydrogen) atoms. The second-order valence-electron chi connectivity index (χ2n) is 6.49. The molecule has 0 saturated carbocycles. The van der Waals surface area contributed by atoms with E-state index in [1.54, 1.807) is 0 Å². The van der Waals surface area contributed by atoms with Crippen LogP contribution >= 0.6 is 24.8 Å². The van der Waals surface area contributed by atoms with Crippen LogP contribution in [0.3, 0.4) is 0 Å². The Hall–Kier alpha value is -0.810. The number of nitrogens with two attached hydrogens (primary N) is 1. The van der Waals surface area contributed by atoms with Gasteiger partial charge in [0.25, 0.3) is 0 Å². The number of nitrogens with zero attached hydrogens (tertiary/aromatic N) is 1. The number of halogens is 2. The zero-order valence-corrected chi connectivity index (χ0v) is 16.3. The van der Waals surface area contributed by atoms with E-state index < -0.39 is 0 Å². The maximum atomic E-state index is 11.7. The molecule has 1 fully saturated rings. The molecular weight excluding hydrogens is 345 g/mol. The summed E-state index contributed by atoms with van der Waals surface area (Å²) in [7, 11) is 0. The molecule has 1 heterocycles. The van der Waals surface area contributed by atoms with E-state index in [2.05, 4.69) is 41.4 Å². The Bertz CT molecular complexity index is 482. The number of piperidine rings is 1. The lowest BCUT2D eigenvalue weighted by Gasteiger charge is -2.33. The minimum atomic E-state index is -0.125. The van der Waals surface area contributed by atoms with E-state index in [1.807, 2.05) is 6.92 Å². The second kappa shape index (κ2) is 11.7. The summed E-state index contributed by atoms with van der Waals surface area (Å²) < 4.78 is 0. The van der Waals surface area contributed by atoms with Crippen molar-refractivity contribution in [3.05, 3.63) is 35.4 Å². The molecule has 1 aromatic carbocycles. The Morgan fingerprint density at radius 1 is 1.25 bits per heavy atom. The van der Waals surface area contributed by atoms with E-state index in [4.69, 9.17) is 5.73 Å². The quantitative estimate of drug-likeness (QED) is 0.802. The van der Waals surface area contributed by atoms with Gasteiger partial charge in [-0.25, -0.2) is 0 Å². The number of carbonyl (C=O) groups is 1. The molecule has 2 unspecified atom stereocenters. The van der Waals surface area contributed by atoms with Gasteiger partial charge in [-0.15, -0.1) is 24.8 Å². The highest BCUT2D eigenvalue weighted by Gasteiger charge is 2.18. The van der Waals surface area contributed by atoms with E-state index in [0.29, 0.717) is 19.1 Å². The van der Waals surface area contributed by atoms with E-state index in [1.165, 1.54) is 31.4 Å². The third kappa shape index (κ3) is 6.98. The zero-order valence-electron chi connectivity index (χ0n) is 14.7. The topological polar surface area (TPSA) is 58.4 Å². The molecular formula is C18H31Cl2N3O. The number of hydrogen-bond donors (Lipinski definition) is 2. The number of amides is 1. The Balaban J connectivity index is 0.00000264. The first kappa shape index (κ1) is 23.2. The largest absolute Gasteiger partial charge is 0.352 e. The van der Waals surface area contributed by atoms with Crippen LogP contribution in [0.2, 0.25) is 0 Å². The molecule has 1 amide bonds. The Kier molecular flexibility index (Phi) is 11.3. The van der Waals surface area contributed by atoms with Crippen molar-refractivity contribution in [1.82, 2.24) is 10.2 Å². The number of hydrogen-bond acceptors (Lipinski definition) is 3. The number of benzene rings is 1. The number of rotatable bonds is 6. The maximum absolute atomic E-state index is 11.7. The van der Waals surface area contributed by atoms with Gasteiger partial charge >= 0.3 is 0 Å². The lowest BCUT2D eigenvalue weighted by Crippen LogP contribution is -2.36. The molecule has 0 aliphatic carbocycles. The Morgan fingerprint density at radius 2 is 1.88 bits per heavy atom. The van der Waals surface area contributed by atoms with Gasteiger partial charge in [-0.3, -0.25) is 9.69 Å². The summed E-state index contributed by atoms with van der Waals surface area (Å²) >= 11 is 0. The van der Waals surface area contributed by atoms with Crippen LogP contribution in [-0.4, -0.2) is 29.9 Å². The molecule has 0 bridgehead atoms. The van der Waals surface area contributed by atoms with Gasteiger partial charge in [0.1, 0.15) is 0 Å². The van der Waals surface area contributed by atoms with Gasteiger partial charge in [-0.05, 0) is 37.4 Å². The summed E-state index contributed by atoms with van der Waals surface area (Å²) in [4.78, 5) is 14.3. The van der Waals surface area contributed by atoms with Crippen LogP contribution in [0, 0.1) is 5.92 Å². The predicted molar refractivity (Wildman–Crippen MR) is 105 cm³/mol. The summed E-state index contributed by atoms with van der Waals surface area (Å²) in [6.07, 6.45) is 3.98. The highest BCUT2D eigenvalue weighted by atomic mass is 35.5. The minimum Gasteiger partial charge on any atom is -0.352 e. The smallest absolute Gasteiger partial charge is 0.224 e. The van der Waals surface area contributed by atoms with Crippen LogP contribution in [0.5, 0.6) is 0 Å². The van der Waals surface area contributed by atoms with Crippen molar-refractivity contribution in [1.29, 1.82) is 0 Å². The second-order valence-corrected chi connectivity index (χ2v) is 6.49. The number of likely N-dealkylation sites (tertiary alicyclic amines) is 1. The standard InChI is InChI=1S/C18H29N3O.2ClH/c1-14(11-19)18(22)20-12-16-6-8-17(9-7-16)13-21-10-4-3-5-15(21)2;;/h6-9,14-15H,3-5,10-13,19H2,1-2H3,(H,20,22);2*1H. The monoisotopic (exact) mass is 375 g/mol. The van der Waals surface area contributed by atoms with E-state index >= 15 is 0 Å². The molecule has 2 atom stereocenters. The fourth-order valence-corrected chi connectivity index (χ4v) is 2.86. The van der Waals surface area contributed by atoms with Crippen LogP contribution in [0.1, 0.15) is 44.2 Å². The fourth-order valence-electron chi connectivity index (χ4n) is 2.86. The summed E-state index contributed by atoms with van der Waals surface area (Å²) in [5, 5.41) is 2.93. The van der Waals surface area contributed by atoms with Gasteiger partial charge in [0.15, 0.2) is 0 Å². The van der Waals surface area contributed by atoms with Gasteiger partial charge < -0.3 is 11.1 Å². The molecule has 6 heteroatoms. The molecule has 0 radical (unpaired) electrons. The van der Waals surface area contributed by atoms with Crippen molar-refractivity contribution in [2.24, 2.45) is 11.7 Å². The van der Waals surface area contributed by atoms with Gasteiger partial charge in [-0.2, -0.15) is 0 Å². The van der Waals surface area contributed by atoms with Gasteiger partial charge in [0, 0.05) is 31.6 Å². The van der Waals surface area contributed by atoms with Crippen LogP contribution in [0.4, 0.5) is 0 Å². The summed E-state index contributed by atoms with van der Waals surface area (Å²) in [5.74, 6) is -0.103.